The van der Waals surface area contributed by atoms with Gasteiger partial charge in [-0.05, 0) is 23.8 Å². The zero-order chi connectivity index (χ0) is 14.2. The number of nitrogens with two attached hydrogens (primary N) is 1. The predicted molar refractivity (Wildman–Crippen MR) is 71.0 cm³/mol. The minimum atomic E-state index is -3.73. The van der Waals surface area contributed by atoms with Crippen LogP contribution in [0.3, 0.4) is 0 Å². The third-order valence-electron chi connectivity index (χ3n) is 3.01. The van der Waals surface area contributed by atoms with E-state index in [1.807, 2.05) is 0 Å². The highest BCUT2D eigenvalue weighted by molar-refractivity contribution is 9.10. The summed E-state index contributed by atoms with van der Waals surface area (Å²) in [4.78, 5) is 13.1. The largest absolute Gasteiger partial charge is 0.337 e. The third kappa shape index (κ3) is 3.31. The normalized spacial score (nSPS) is 20.1. The maximum Gasteiger partial charge on any atom is 0.224 e. The van der Waals surface area contributed by atoms with Gasteiger partial charge in [-0.15, -0.1) is 0 Å². The molecule has 0 radical (unpaired) electrons. The Morgan fingerprint density at radius 2 is 2.16 bits per heavy atom. The number of rotatable bonds is 3. The van der Waals surface area contributed by atoms with Gasteiger partial charge in [0.15, 0.2) is 0 Å². The molecule has 1 saturated heterocycles. The second kappa shape index (κ2) is 5.18. The van der Waals surface area contributed by atoms with Gasteiger partial charge >= 0.3 is 0 Å². The topological polar surface area (TPSA) is 80.5 Å². The molecular weight excluding hydrogens is 339 g/mol. The van der Waals surface area contributed by atoms with Crippen LogP contribution in [0.1, 0.15) is 12.0 Å². The molecule has 0 spiro atoms. The number of sulfonamides is 1. The number of nitrogens with zero attached hydrogens (tertiary/aromatic N) is 1. The lowest BCUT2D eigenvalue weighted by Crippen LogP contribution is -2.32. The van der Waals surface area contributed by atoms with E-state index < -0.39 is 21.1 Å². The fraction of sp³-hybridized carbons (Fsp3) is 0.364. The van der Waals surface area contributed by atoms with Crippen LogP contribution in [0.5, 0.6) is 0 Å². The van der Waals surface area contributed by atoms with Crippen LogP contribution in [0.25, 0.3) is 0 Å². The Kier molecular flexibility index (Phi) is 3.93. The van der Waals surface area contributed by atoms with Gasteiger partial charge in [-0.3, -0.25) is 4.79 Å². The van der Waals surface area contributed by atoms with Crippen LogP contribution >= 0.6 is 15.9 Å². The molecule has 104 valence electrons. The molecule has 1 aliphatic heterocycles. The maximum absolute atomic E-state index is 13.1. The molecule has 1 aromatic carbocycles. The van der Waals surface area contributed by atoms with Crippen molar-refractivity contribution in [1.29, 1.82) is 0 Å². The highest BCUT2D eigenvalue weighted by Crippen LogP contribution is 2.23. The van der Waals surface area contributed by atoms with E-state index in [2.05, 4.69) is 15.9 Å². The lowest BCUT2D eigenvalue weighted by Gasteiger charge is -2.17. The van der Waals surface area contributed by atoms with Gasteiger partial charge in [0, 0.05) is 24.0 Å². The zero-order valence-corrected chi connectivity index (χ0v) is 12.2. The van der Waals surface area contributed by atoms with E-state index in [0.29, 0.717) is 10.0 Å². The Morgan fingerprint density at radius 3 is 2.74 bits per heavy atom. The summed E-state index contributed by atoms with van der Waals surface area (Å²) in [6, 6.07) is 4.15. The summed E-state index contributed by atoms with van der Waals surface area (Å²) in [5.41, 5.74) is 0.586. The van der Waals surface area contributed by atoms with Crippen molar-refractivity contribution in [2.75, 3.05) is 6.54 Å². The summed E-state index contributed by atoms with van der Waals surface area (Å²) in [7, 11) is -3.73. The van der Waals surface area contributed by atoms with Crippen LogP contribution in [-0.2, 0) is 21.4 Å². The van der Waals surface area contributed by atoms with Gasteiger partial charge < -0.3 is 4.90 Å². The second-order valence-electron chi connectivity index (χ2n) is 4.43. The summed E-state index contributed by atoms with van der Waals surface area (Å²) in [6.45, 7) is 0.198. The first kappa shape index (κ1) is 14.4. The average Bonchev–Trinajstić information content (AvgIpc) is 2.65. The molecule has 8 heteroatoms. The lowest BCUT2D eigenvalue weighted by molar-refractivity contribution is -0.128. The molecule has 2 rings (SSSR count). The number of carbonyl (C=O) groups excluding carboxylic acids is 1. The lowest BCUT2D eigenvalue weighted by atomic mass is 10.2. The molecule has 0 bridgehead atoms. The number of benzene rings is 1. The Balaban J connectivity index is 2.16. The van der Waals surface area contributed by atoms with Crippen LogP contribution < -0.4 is 5.14 Å². The quantitative estimate of drug-likeness (QED) is 0.882. The molecule has 0 aromatic heterocycles. The SMILES string of the molecule is NS(=O)(=O)C1CC(=O)N(Cc2cc(F)ccc2Br)C1. The molecule has 1 unspecified atom stereocenters. The summed E-state index contributed by atoms with van der Waals surface area (Å²) >= 11 is 3.26. The minimum Gasteiger partial charge on any atom is -0.337 e. The number of hydrogen-bond acceptors (Lipinski definition) is 3. The fourth-order valence-electron chi connectivity index (χ4n) is 1.98. The molecule has 5 nitrogen and oxygen atoms in total. The summed E-state index contributed by atoms with van der Waals surface area (Å²) < 4.78 is 36.3. The van der Waals surface area contributed by atoms with Crippen LogP contribution in [0.2, 0.25) is 0 Å². The highest BCUT2D eigenvalue weighted by Gasteiger charge is 2.36. The molecular formula is C11H12BrFN2O3S. The van der Waals surface area contributed by atoms with Crippen molar-refractivity contribution in [3.05, 3.63) is 34.1 Å². The molecule has 2 N–H and O–H groups in total. The first-order valence-electron chi connectivity index (χ1n) is 5.50. The van der Waals surface area contributed by atoms with E-state index in [4.69, 9.17) is 5.14 Å². The molecule has 0 aliphatic carbocycles. The third-order valence-corrected chi connectivity index (χ3v) is 5.03. The Labute approximate surface area is 118 Å². The van der Waals surface area contributed by atoms with Gasteiger partial charge in [0.2, 0.25) is 15.9 Å². The first-order valence-corrected chi connectivity index (χ1v) is 7.91. The molecule has 1 heterocycles. The van der Waals surface area contributed by atoms with Crippen LogP contribution in [0.15, 0.2) is 22.7 Å². The van der Waals surface area contributed by atoms with Gasteiger partial charge in [0.25, 0.3) is 0 Å². The summed E-state index contributed by atoms with van der Waals surface area (Å²) in [5, 5.41) is 4.15. The summed E-state index contributed by atoms with van der Waals surface area (Å²) in [6.07, 6.45) is -0.119. The van der Waals surface area contributed by atoms with Crippen LogP contribution in [-0.4, -0.2) is 31.0 Å². The predicted octanol–water partition coefficient (Wildman–Crippen LogP) is 0.978. The number of hydrogen-bond donors (Lipinski definition) is 1. The second-order valence-corrected chi connectivity index (χ2v) is 7.12. The van der Waals surface area contributed by atoms with E-state index in [1.165, 1.54) is 17.0 Å². The number of amides is 1. The minimum absolute atomic E-state index is 0.0423. The molecule has 1 atom stereocenters. The van der Waals surface area contributed by atoms with E-state index >= 15 is 0 Å². The number of likely N-dealkylation sites (tertiary alicyclic amines) is 1. The van der Waals surface area contributed by atoms with Gasteiger partial charge in [-0.25, -0.2) is 17.9 Å². The smallest absolute Gasteiger partial charge is 0.224 e. The van der Waals surface area contributed by atoms with Gasteiger partial charge in [-0.2, -0.15) is 0 Å². The maximum atomic E-state index is 13.1. The number of halogens is 2. The first-order chi connectivity index (χ1) is 8.77. The van der Waals surface area contributed by atoms with Crippen LogP contribution in [0, 0.1) is 5.82 Å². The Bertz CT molecular complexity index is 620. The number of carbonyl (C=O) groups is 1. The monoisotopic (exact) mass is 350 g/mol. The fourth-order valence-corrected chi connectivity index (χ4v) is 3.11. The van der Waals surface area contributed by atoms with Crippen LogP contribution in [0.4, 0.5) is 4.39 Å². The van der Waals surface area contributed by atoms with E-state index in [-0.39, 0.29) is 25.4 Å². The molecule has 1 aliphatic rings. The van der Waals surface area contributed by atoms with E-state index in [1.54, 1.807) is 6.07 Å². The molecule has 1 fully saturated rings. The van der Waals surface area contributed by atoms with Crippen molar-refractivity contribution in [2.24, 2.45) is 5.14 Å². The van der Waals surface area contributed by atoms with Crippen molar-refractivity contribution in [3.8, 4) is 0 Å². The van der Waals surface area contributed by atoms with E-state index in [9.17, 15) is 17.6 Å². The average molecular weight is 351 g/mol. The molecule has 19 heavy (non-hydrogen) atoms. The summed E-state index contributed by atoms with van der Waals surface area (Å²) in [5.74, 6) is -0.706. The number of primary sulfonamides is 1. The van der Waals surface area contributed by atoms with Gasteiger partial charge in [-0.1, -0.05) is 15.9 Å². The molecule has 0 saturated carbocycles. The zero-order valence-electron chi connectivity index (χ0n) is 9.84. The molecule has 1 aromatic rings. The Hall–Kier alpha value is -0.990. The van der Waals surface area contributed by atoms with Crippen molar-refractivity contribution in [3.63, 3.8) is 0 Å². The van der Waals surface area contributed by atoms with Crippen molar-refractivity contribution < 1.29 is 17.6 Å². The van der Waals surface area contributed by atoms with Crippen molar-refractivity contribution in [1.82, 2.24) is 4.90 Å². The Morgan fingerprint density at radius 1 is 1.47 bits per heavy atom. The molecule has 1 amide bonds. The standard InChI is InChI=1S/C11H12BrFN2O3S/c12-10-2-1-8(13)3-7(10)5-15-6-9(4-11(15)16)19(14,17)18/h1-3,9H,4-6H2,(H2,14,17,18). The van der Waals surface area contributed by atoms with Crippen molar-refractivity contribution in [2.45, 2.75) is 18.2 Å². The van der Waals surface area contributed by atoms with Crippen molar-refractivity contribution >= 4 is 31.9 Å². The van der Waals surface area contributed by atoms with E-state index in [0.717, 1.165) is 0 Å². The van der Waals surface area contributed by atoms with Gasteiger partial charge in [0.1, 0.15) is 11.1 Å². The highest BCUT2D eigenvalue weighted by atomic mass is 79.9. The van der Waals surface area contributed by atoms with Gasteiger partial charge in [0.05, 0.1) is 0 Å².